The minimum absolute atomic E-state index is 0.0864. The van der Waals surface area contributed by atoms with Crippen molar-refractivity contribution in [1.82, 2.24) is 4.90 Å². The Morgan fingerprint density at radius 3 is 2.50 bits per heavy atom. The molecule has 3 rings (SSSR count). The number of ether oxygens (including phenoxy) is 2. The van der Waals surface area contributed by atoms with Gasteiger partial charge in [0.15, 0.2) is 0 Å². The lowest BCUT2D eigenvalue weighted by atomic mass is 10.00. The number of nitrogen functional groups attached to an aromatic ring is 1. The van der Waals surface area contributed by atoms with Crippen LogP contribution in [0.3, 0.4) is 0 Å². The molecule has 2 fully saturated rings. The summed E-state index contributed by atoms with van der Waals surface area (Å²) in [4.78, 5) is 26.7. The van der Waals surface area contributed by atoms with Crippen molar-refractivity contribution in [1.29, 1.82) is 0 Å². The van der Waals surface area contributed by atoms with Crippen LogP contribution in [0.5, 0.6) is 0 Å². The summed E-state index contributed by atoms with van der Waals surface area (Å²) < 4.78 is 11.4. The average Bonchev–Trinajstić information content (AvgIpc) is 2.74. The van der Waals surface area contributed by atoms with Crippen molar-refractivity contribution in [3.63, 3.8) is 0 Å². The predicted octanol–water partition coefficient (Wildman–Crippen LogP) is 2.62. The van der Waals surface area contributed by atoms with E-state index in [0.717, 1.165) is 12.8 Å². The number of nitrogens with zero attached hydrogens (tertiary/aromatic N) is 1. The van der Waals surface area contributed by atoms with E-state index in [1.165, 1.54) is 0 Å². The summed E-state index contributed by atoms with van der Waals surface area (Å²) in [6, 6.07) is 7.11. The van der Waals surface area contributed by atoms with Gasteiger partial charge in [-0.3, -0.25) is 9.69 Å². The number of hydrogen-bond acceptors (Lipinski definition) is 6. The van der Waals surface area contributed by atoms with E-state index >= 15 is 0 Å². The second-order valence-electron chi connectivity index (χ2n) is 7.87. The molecule has 4 atom stereocenters. The molecule has 2 aliphatic rings. The molecule has 0 amide bonds. The van der Waals surface area contributed by atoms with Gasteiger partial charge in [-0.15, -0.1) is 0 Å². The van der Waals surface area contributed by atoms with Gasteiger partial charge in [0.25, 0.3) is 0 Å². The second kappa shape index (κ2) is 7.66. The maximum absolute atomic E-state index is 12.4. The summed E-state index contributed by atoms with van der Waals surface area (Å²) in [6.45, 7) is 4.01. The Kier molecular flexibility index (Phi) is 5.51. The Balaban J connectivity index is 1.60. The number of fused-ring (bicyclic) bond motifs is 2. The van der Waals surface area contributed by atoms with Crippen LogP contribution >= 0.6 is 0 Å². The highest BCUT2D eigenvalue weighted by molar-refractivity contribution is 5.89. The number of nitrogens with two attached hydrogens (primary N) is 1. The van der Waals surface area contributed by atoms with Gasteiger partial charge in [-0.05, 0) is 37.2 Å². The minimum atomic E-state index is -0.329. The lowest BCUT2D eigenvalue weighted by Crippen LogP contribution is -2.46. The molecule has 6 heteroatoms. The quantitative estimate of drug-likeness (QED) is 0.642. The van der Waals surface area contributed by atoms with Gasteiger partial charge < -0.3 is 15.2 Å². The number of piperidine rings is 1. The van der Waals surface area contributed by atoms with E-state index in [1.54, 1.807) is 24.3 Å². The Morgan fingerprint density at radius 1 is 1.15 bits per heavy atom. The number of anilines is 1. The molecule has 6 nitrogen and oxygen atoms in total. The van der Waals surface area contributed by atoms with E-state index in [1.807, 2.05) is 13.8 Å². The maximum atomic E-state index is 12.4. The molecule has 0 spiro atoms. The summed E-state index contributed by atoms with van der Waals surface area (Å²) in [6.07, 6.45) is 2.46. The zero-order valence-corrected chi connectivity index (χ0v) is 15.7. The first-order chi connectivity index (χ1) is 12.3. The lowest BCUT2D eigenvalue weighted by molar-refractivity contribution is -0.153. The van der Waals surface area contributed by atoms with Crippen LogP contribution in [0.25, 0.3) is 0 Å². The monoisotopic (exact) mass is 360 g/mol. The first-order valence-corrected chi connectivity index (χ1v) is 9.31. The standard InChI is InChI=1S/C20H28N2O4/c1-12(2)8-19(23)25-16-9-15-10-18(17(11-16)22(15)3)26-20(24)13-4-6-14(21)7-5-13/h4-7,12,15-18H,8-11,21H2,1-3H3. The summed E-state index contributed by atoms with van der Waals surface area (Å²) in [5.41, 5.74) is 6.78. The number of rotatable bonds is 5. The van der Waals surface area contributed by atoms with Gasteiger partial charge in [0, 0.05) is 37.4 Å². The molecule has 2 aliphatic heterocycles. The van der Waals surface area contributed by atoms with Crippen molar-refractivity contribution in [2.24, 2.45) is 5.92 Å². The maximum Gasteiger partial charge on any atom is 0.338 e. The number of esters is 2. The molecule has 142 valence electrons. The highest BCUT2D eigenvalue weighted by Crippen LogP contribution is 2.38. The van der Waals surface area contributed by atoms with Crippen molar-refractivity contribution >= 4 is 17.6 Å². The molecule has 2 N–H and O–H groups in total. The van der Waals surface area contributed by atoms with Crippen molar-refractivity contribution in [2.45, 2.75) is 63.8 Å². The molecule has 0 aromatic heterocycles. The fourth-order valence-corrected chi connectivity index (χ4v) is 3.99. The summed E-state index contributed by atoms with van der Waals surface area (Å²) in [5, 5.41) is 0. The predicted molar refractivity (Wildman–Crippen MR) is 98.6 cm³/mol. The van der Waals surface area contributed by atoms with Crippen molar-refractivity contribution in [3.05, 3.63) is 29.8 Å². The second-order valence-corrected chi connectivity index (χ2v) is 7.87. The van der Waals surface area contributed by atoms with E-state index in [-0.39, 0.29) is 36.2 Å². The zero-order chi connectivity index (χ0) is 18.8. The van der Waals surface area contributed by atoms with Gasteiger partial charge in [-0.2, -0.15) is 0 Å². The van der Waals surface area contributed by atoms with Crippen molar-refractivity contribution in [3.8, 4) is 0 Å². The number of likely N-dealkylation sites (N-methyl/N-ethyl adjacent to an activating group) is 1. The summed E-state index contributed by atoms with van der Waals surface area (Å²) >= 11 is 0. The Morgan fingerprint density at radius 2 is 1.85 bits per heavy atom. The fraction of sp³-hybridized carbons (Fsp3) is 0.600. The van der Waals surface area contributed by atoms with Crippen LogP contribution in [0.1, 0.15) is 49.9 Å². The number of benzene rings is 1. The van der Waals surface area contributed by atoms with Crippen LogP contribution in [0.15, 0.2) is 24.3 Å². The minimum Gasteiger partial charge on any atom is -0.462 e. The van der Waals surface area contributed by atoms with Gasteiger partial charge in [0.05, 0.1) is 11.6 Å². The molecule has 0 aliphatic carbocycles. The topological polar surface area (TPSA) is 81.9 Å². The van der Waals surface area contributed by atoms with Gasteiger partial charge in [0.2, 0.25) is 0 Å². The van der Waals surface area contributed by atoms with Crippen molar-refractivity contribution < 1.29 is 19.1 Å². The largest absolute Gasteiger partial charge is 0.462 e. The molecule has 1 aromatic rings. The van der Waals surface area contributed by atoms with Crippen LogP contribution in [-0.4, -0.2) is 48.2 Å². The van der Waals surface area contributed by atoms with Crippen LogP contribution in [0, 0.1) is 5.92 Å². The van der Waals surface area contributed by atoms with E-state index in [4.69, 9.17) is 15.2 Å². The fourth-order valence-electron chi connectivity index (χ4n) is 3.99. The first-order valence-electron chi connectivity index (χ1n) is 9.31. The van der Waals surface area contributed by atoms with Crippen molar-refractivity contribution in [2.75, 3.05) is 12.8 Å². The molecule has 2 bridgehead atoms. The molecule has 1 aromatic carbocycles. The van der Waals surface area contributed by atoms with Crippen LogP contribution < -0.4 is 5.73 Å². The molecule has 0 saturated carbocycles. The highest BCUT2D eigenvalue weighted by atomic mass is 16.6. The number of hydrogen-bond donors (Lipinski definition) is 1. The van der Waals surface area contributed by atoms with E-state index in [9.17, 15) is 9.59 Å². The van der Waals surface area contributed by atoms with Crippen LogP contribution in [0.2, 0.25) is 0 Å². The Labute approximate surface area is 154 Å². The molecule has 0 radical (unpaired) electrons. The summed E-state index contributed by atoms with van der Waals surface area (Å²) in [5.74, 6) is -0.173. The molecular formula is C20H28N2O4. The average molecular weight is 360 g/mol. The lowest BCUT2D eigenvalue weighted by Gasteiger charge is -2.36. The van der Waals surface area contributed by atoms with Gasteiger partial charge in [-0.1, -0.05) is 13.8 Å². The molecule has 2 heterocycles. The molecule has 26 heavy (non-hydrogen) atoms. The third-order valence-electron chi connectivity index (χ3n) is 5.35. The third-order valence-corrected chi connectivity index (χ3v) is 5.35. The molecule has 4 unspecified atom stereocenters. The first kappa shape index (κ1) is 18.7. The molecule has 2 saturated heterocycles. The van der Waals surface area contributed by atoms with Gasteiger partial charge in [0.1, 0.15) is 12.2 Å². The Hall–Kier alpha value is -2.08. The van der Waals surface area contributed by atoms with Gasteiger partial charge in [-0.25, -0.2) is 4.79 Å². The van der Waals surface area contributed by atoms with Crippen LogP contribution in [-0.2, 0) is 14.3 Å². The smallest absolute Gasteiger partial charge is 0.338 e. The van der Waals surface area contributed by atoms with E-state index in [0.29, 0.717) is 30.0 Å². The highest BCUT2D eigenvalue weighted by Gasteiger charge is 2.47. The Bertz CT molecular complexity index is 658. The normalized spacial score (nSPS) is 28.2. The zero-order valence-electron chi connectivity index (χ0n) is 15.7. The summed E-state index contributed by atoms with van der Waals surface area (Å²) in [7, 11) is 2.05. The van der Waals surface area contributed by atoms with Gasteiger partial charge >= 0.3 is 11.9 Å². The SMILES string of the molecule is CC(C)CC(=O)OC1CC2CC(OC(=O)c3ccc(N)cc3)C(C1)N2C. The van der Waals surface area contributed by atoms with E-state index < -0.39 is 0 Å². The molecular weight excluding hydrogens is 332 g/mol. The van der Waals surface area contributed by atoms with E-state index in [2.05, 4.69) is 11.9 Å². The van der Waals surface area contributed by atoms with Crippen LogP contribution in [0.4, 0.5) is 5.69 Å². The third kappa shape index (κ3) is 4.18. The number of carbonyl (C=O) groups is 2. The number of carbonyl (C=O) groups excluding carboxylic acids is 2.